The summed E-state index contributed by atoms with van der Waals surface area (Å²) >= 11 is 0. The van der Waals surface area contributed by atoms with Gasteiger partial charge in [-0.1, -0.05) is 6.92 Å². The molecule has 0 radical (unpaired) electrons. The van der Waals surface area contributed by atoms with Gasteiger partial charge in [0.05, 0.1) is 5.92 Å². The van der Waals surface area contributed by atoms with Gasteiger partial charge in [0.25, 0.3) is 0 Å². The third-order valence-corrected chi connectivity index (χ3v) is 2.85. The fourth-order valence-electron chi connectivity index (χ4n) is 1.64. The second-order valence-electron chi connectivity index (χ2n) is 4.23. The summed E-state index contributed by atoms with van der Waals surface area (Å²) in [5.74, 6) is -1.000. The van der Waals surface area contributed by atoms with Crippen LogP contribution in [0, 0.1) is 5.92 Å². The van der Waals surface area contributed by atoms with Crippen LogP contribution in [0.4, 0.5) is 0 Å². The molecule has 1 saturated heterocycles. The van der Waals surface area contributed by atoms with Gasteiger partial charge in [-0.25, -0.2) is 0 Å². The Hall–Kier alpha value is -0.610. The highest BCUT2D eigenvalue weighted by atomic mass is 16.4. The zero-order valence-corrected chi connectivity index (χ0v) is 8.99. The predicted molar refractivity (Wildman–Crippen MR) is 55.3 cm³/mol. The molecule has 1 fully saturated rings. The van der Waals surface area contributed by atoms with E-state index in [0.717, 1.165) is 25.9 Å². The van der Waals surface area contributed by atoms with E-state index in [1.807, 2.05) is 0 Å². The predicted octanol–water partition coefficient (Wildman–Crippen LogP) is 0.391. The topological polar surface area (TPSA) is 52.6 Å². The van der Waals surface area contributed by atoms with Gasteiger partial charge in [-0.2, -0.15) is 0 Å². The molecule has 0 spiro atoms. The van der Waals surface area contributed by atoms with Crippen LogP contribution < -0.4 is 5.32 Å². The molecule has 4 heteroatoms. The first-order valence-electron chi connectivity index (χ1n) is 5.24. The zero-order valence-electron chi connectivity index (χ0n) is 8.99. The summed E-state index contributed by atoms with van der Waals surface area (Å²) in [4.78, 5) is 12.9. The van der Waals surface area contributed by atoms with Crippen molar-refractivity contribution in [3.63, 3.8) is 0 Å². The third kappa shape index (κ3) is 3.64. The highest BCUT2D eigenvalue weighted by Crippen LogP contribution is 2.08. The van der Waals surface area contributed by atoms with E-state index in [4.69, 9.17) is 5.11 Å². The first-order valence-corrected chi connectivity index (χ1v) is 5.24. The van der Waals surface area contributed by atoms with E-state index in [2.05, 4.69) is 17.3 Å². The van der Waals surface area contributed by atoms with E-state index in [9.17, 15) is 4.79 Å². The maximum Gasteiger partial charge on any atom is 0.307 e. The largest absolute Gasteiger partial charge is 0.481 e. The lowest BCUT2D eigenvalue weighted by Crippen LogP contribution is -2.42. The van der Waals surface area contributed by atoms with Gasteiger partial charge in [0, 0.05) is 12.6 Å². The maximum atomic E-state index is 10.6. The van der Waals surface area contributed by atoms with Gasteiger partial charge >= 0.3 is 5.97 Å². The summed E-state index contributed by atoms with van der Waals surface area (Å²) in [7, 11) is 2.12. The van der Waals surface area contributed by atoms with Gasteiger partial charge in [-0.05, 0) is 33.0 Å². The zero-order chi connectivity index (χ0) is 10.6. The number of carboxylic acids is 1. The molecule has 82 valence electrons. The second-order valence-corrected chi connectivity index (χ2v) is 4.23. The Morgan fingerprint density at radius 2 is 2.14 bits per heavy atom. The third-order valence-electron chi connectivity index (χ3n) is 2.85. The van der Waals surface area contributed by atoms with E-state index in [1.165, 1.54) is 0 Å². The highest BCUT2D eigenvalue weighted by molar-refractivity contribution is 5.69. The van der Waals surface area contributed by atoms with Crippen molar-refractivity contribution >= 4 is 5.97 Å². The number of hydrogen-bond donors (Lipinski definition) is 2. The Morgan fingerprint density at radius 1 is 1.57 bits per heavy atom. The Kier molecular flexibility index (Phi) is 4.35. The van der Waals surface area contributed by atoms with Crippen molar-refractivity contribution < 1.29 is 9.90 Å². The number of nitrogens with one attached hydrogen (secondary N) is 1. The van der Waals surface area contributed by atoms with Crippen molar-refractivity contribution in [1.82, 2.24) is 10.2 Å². The van der Waals surface area contributed by atoms with Gasteiger partial charge in [-0.3, -0.25) is 4.79 Å². The standard InChI is InChI=1S/C10H20N2O2/c1-8(10(13)14)7-11-9-3-5-12(2)6-4-9/h8-9,11H,3-7H2,1-2H3,(H,13,14). The molecule has 1 aliphatic rings. The van der Waals surface area contributed by atoms with Gasteiger partial charge in [-0.15, -0.1) is 0 Å². The summed E-state index contributed by atoms with van der Waals surface area (Å²) in [6.45, 7) is 4.55. The van der Waals surface area contributed by atoms with Crippen molar-refractivity contribution in [2.45, 2.75) is 25.8 Å². The number of aliphatic carboxylic acids is 1. The number of carboxylic acid groups (broad SMARTS) is 1. The Labute approximate surface area is 85.3 Å². The molecule has 1 aliphatic heterocycles. The second kappa shape index (κ2) is 5.32. The minimum Gasteiger partial charge on any atom is -0.481 e. The van der Waals surface area contributed by atoms with Crippen LogP contribution in [0.2, 0.25) is 0 Å². The van der Waals surface area contributed by atoms with Crippen molar-refractivity contribution in [1.29, 1.82) is 0 Å². The molecule has 4 nitrogen and oxygen atoms in total. The molecule has 0 aliphatic carbocycles. The minimum atomic E-state index is -0.717. The van der Waals surface area contributed by atoms with Gasteiger partial charge in [0.15, 0.2) is 0 Å². The molecule has 0 aromatic rings. The molecule has 14 heavy (non-hydrogen) atoms. The van der Waals surface area contributed by atoms with Crippen LogP contribution in [0.1, 0.15) is 19.8 Å². The van der Waals surface area contributed by atoms with Crippen LogP contribution in [0.5, 0.6) is 0 Å². The molecule has 1 heterocycles. The summed E-state index contributed by atoms with van der Waals surface area (Å²) in [5.41, 5.74) is 0. The van der Waals surface area contributed by atoms with Crippen LogP contribution in [0.25, 0.3) is 0 Å². The monoisotopic (exact) mass is 200 g/mol. The van der Waals surface area contributed by atoms with Crippen LogP contribution in [-0.4, -0.2) is 48.7 Å². The molecule has 0 amide bonds. The smallest absolute Gasteiger partial charge is 0.307 e. The maximum absolute atomic E-state index is 10.6. The Balaban J connectivity index is 2.16. The molecular weight excluding hydrogens is 180 g/mol. The SMILES string of the molecule is CC(CNC1CCN(C)CC1)C(=O)O. The first-order chi connectivity index (χ1) is 6.59. The molecule has 0 aromatic heterocycles. The van der Waals surface area contributed by atoms with Crippen molar-refractivity contribution in [3.05, 3.63) is 0 Å². The van der Waals surface area contributed by atoms with E-state index >= 15 is 0 Å². The summed E-state index contributed by atoms with van der Waals surface area (Å²) in [6, 6.07) is 0.507. The van der Waals surface area contributed by atoms with Crippen molar-refractivity contribution in [2.75, 3.05) is 26.7 Å². The number of likely N-dealkylation sites (tertiary alicyclic amines) is 1. The van der Waals surface area contributed by atoms with Crippen molar-refractivity contribution in [3.8, 4) is 0 Å². The van der Waals surface area contributed by atoms with E-state index in [0.29, 0.717) is 12.6 Å². The van der Waals surface area contributed by atoms with Crippen LogP contribution >= 0.6 is 0 Å². The minimum absolute atomic E-state index is 0.283. The number of hydrogen-bond acceptors (Lipinski definition) is 3. The quantitative estimate of drug-likeness (QED) is 0.689. The Morgan fingerprint density at radius 3 is 2.64 bits per heavy atom. The molecular formula is C10H20N2O2. The van der Waals surface area contributed by atoms with Crippen LogP contribution in [-0.2, 0) is 4.79 Å². The number of carbonyl (C=O) groups is 1. The molecule has 1 atom stereocenters. The molecule has 0 saturated carbocycles. The lowest BCUT2D eigenvalue weighted by molar-refractivity contribution is -0.141. The van der Waals surface area contributed by atoms with Crippen LogP contribution in [0.15, 0.2) is 0 Å². The fourth-order valence-corrected chi connectivity index (χ4v) is 1.64. The van der Waals surface area contributed by atoms with Gasteiger partial charge in [0.1, 0.15) is 0 Å². The molecule has 0 aromatic carbocycles. The molecule has 2 N–H and O–H groups in total. The van der Waals surface area contributed by atoms with E-state index in [1.54, 1.807) is 6.92 Å². The molecule has 0 bridgehead atoms. The molecule has 1 rings (SSSR count). The summed E-state index contributed by atoms with van der Waals surface area (Å²) < 4.78 is 0. The first kappa shape index (κ1) is 11.5. The van der Waals surface area contributed by atoms with E-state index < -0.39 is 5.97 Å². The van der Waals surface area contributed by atoms with Crippen molar-refractivity contribution in [2.24, 2.45) is 5.92 Å². The summed E-state index contributed by atoms with van der Waals surface area (Å²) in [5, 5.41) is 12.0. The highest BCUT2D eigenvalue weighted by Gasteiger charge is 2.18. The molecule has 1 unspecified atom stereocenters. The van der Waals surface area contributed by atoms with E-state index in [-0.39, 0.29) is 5.92 Å². The lowest BCUT2D eigenvalue weighted by Gasteiger charge is -2.30. The Bertz CT molecular complexity index is 189. The normalized spacial score (nSPS) is 22.1. The van der Waals surface area contributed by atoms with Gasteiger partial charge < -0.3 is 15.3 Å². The number of rotatable bonds is 4. The van der Waals surface area contributed by atoms with Crippen LogP contribution in [0.3, 0.4) is 0 Å². The average Bonchev–Trinajstić information content (AvgIpc) is 2.16. The fraction of sp³-hybridized carbons (Fsp3) is 0.900. The van der Waals surface area contributed by atoms with Gasteiger partial charge in [0.2, 0.25) is 0 Å². The number of nitrogens with zero attached hydrogens (tertiary/aromatic N) is 1. The average molecular weight is 200 g/mol. The lowest BCUT2D eigenvalue weighted by atomic mass is 10.0. The number of piperidine rings is 1. The summed E-state index contributed by atoms with van der Waals surface area (Å²) in [6.07, 6.45) is 2.26.